The molecule has 0 fully saturated rings. The first-order chi connectivity index (χ1) is 5.10. The lowest BCUT2D eigenvalue weighted by Crippen LogP contribution is -2.10. The van der Waals surface area contributed by atoms with Crippen molar-refractivity contribution in [1.82, 2.24) is 0 Å². The number of aliphatic hydroxyl groups excluding tert-OH is 1. The Bertz CT molecular complexity index is 145. The fraction of sp³-hybridized carbons (Fsp3) is 1.00. The van der Waals surface area contributed by atoms with Crippen LogP contribution in [0.1, 0.15) is 33.6 Å². The minimum absolute atomic E-state index is 0.563. The Hall–Kier alpha value is 0.190. The van der Waals surface area contributed by atoms with Gasteiger partial charge in [-0.05, 0) is 12.8 Å². The summed E-state index contributed by atoms with van der Waals surface area (Å²) in [5.74, 6) is -0.563. The van der Waals surface area contributed by atoms with Crippen LogP contribution in [0.2, 0.25) is 0 Å². The molecular weight excluding hydrogens is 159 g/mol. The molecule has 0 aromatic carbocycles. The Morgan fingerprint density at radius 1 is 1.36 bits per heavy atom. The third-order valence-corrected chi connectivity index (χ3v) is 5.77. The van der Waals surface area contributed by atoms with E-state index in [-0.39, 0.29) is 0 Å². The number of hydrogen-bond acceptors (Lipinski definition) is 2. The molecule has 0 rings (SSSR count). The van der Waals surface area contributed by atoms with E-state index in [0.29, 0.717) is 18.7 Å². The third-order valence-electron chi connectivity index (χ3n) is 2.05. The van der Waals surface area contributed by atoms with E-state index in [1.54, 1.807) is 0 Å². The zero-order valence-electron chi connectivity index (χ0n) is 7.71. The van der Waals surface area contributed by atoms with E-state index in [1.807, 2.05) is 20.8 Å². The largest absolute Gasteiger partial charge is 0.385 e. The van der Waals surface area contributed by atoms with Crippen molar-refractivity contribution in [2.75, 3.05) is 12.3 Å². The number of hydrogen-bond donors (Lipinski definition) is 1. The maximum absolute atomic E-state index is 11.9. The topological polar surface area (TPSA) is 37.3 Å². The van der Waals surface area contributed by atoms with Gasteiger partial charge in [0.05, 0.1) is 0 Å². The fourth-order valence-electron chi connectivity index (χ4n) is 1.23. The molecule has 2 atom stereocenters. The van der Waals surface area contributed by atoms with Crippen molar-refractivity contribution in [3.05, 3.63) is 0 Å². The first kappa shape index (κ1) is 11.2. The molecule has 2 nitrogen and oxygen atoms in total. The van der Waals surface area contributed by atoms with Crippen LogP contribution in [-0.4, -0.2) is 23.3 Å². The second kappa shape index (κ2) is 4.95. The predicted octanol–water partition coefficient (Wildman–Crippen LogP) is 2.51. The number of aliphatic hydroxyl groups is 1. The summed E-state index contributed by atoms with van der Waals surface area (Å²) in [5.41, 5.74) is 0. The smallest absolute Gasteiger partial charge is 0.114 e. The van der Waals surface area contributed by atoms with Gasteiger partial charge in [0.1, 0.15) is 13.0 Å². The van der Waals surface area contributed by atoms with Crippen molar-refractivity contribution in [3.8, 4) is 0 Å². The third kappa shape index (κ3) is 2.96. The molecule has 0 amide bonds. The van der Waals surface area contributed by atoms with Gasteiger partial charge in [0.2, 0.25) is 0 Å². The second-order valence-electron chi connectivity index (χ2n) is 2.88. The lowest BCUT2D eigenvalue weighted by atomic mass is 10.5. The van der Waals surface area contributed by atoms with Gasteiger partial charge in [-0.1, -0.05) is 20.8 Å². The van der Waals surface area contributed by atoms with Crippen LogP contribution >= 0.6 is 7.14 Å². The molecule has 68 valence electrons. The van der Waals surface area contributed by atoms with Crippen molar-refractivity contribution in [2.45, 2.75) is 39.5 Å². The van der Waals surface area contributed by atoms with Crippen LogP contribution in [0.4, 0.5) is 0 Å². The molecule has 0 saturated carbocycles. The molecule has 0 saturated heterocycles. The van der Waals surface area contributed by atoms with Crippen molar-refractivity contribution in [3.63, 3.8) is 0 Å². The summed E-state index contributed by atoms with van der Waals surface area (Å²) in [6, 6.07) is 0. The molecule has 0 aromatic heterocycles. The Balaban J connectivity index is 4.20. The van der Waals surface area contributed by atoms with Gasteiger partial charge >= 0.3 is 0 Å². The van der Waals surface area contributed by atoms with E-state index in [0.717, 1.165) is 6.42 Å². The summed E-state index contributed by atoms with van der Waals surface area (Å²) in [5, 5.41) is 9.44. The highest BCUT2D eigenvalue weighted by Crippen LogP contribution is 2.50. The molecule has 2 unspecified atom stereocenters. The average Bonchev–Trinajstić information content (AvgIpc) is 2.03. The summed E-state index contributed by atoms with van der Waals surface area (Å²) in [6.07, 6.45) is 2.85. The highest BCUT2D eigenvalue weighted by molar-refractivity contribution is 7.64. The van der Waals surface area contributed by atoms with Crippen molar-refractivity contribution < 1.29 is 9.67 Å². The van der Waals surface area contributed by atoms with Crippen LogP contribution in [0.3, 0.4) is 0 Å². The molecule has 3 heteroatoms. The molecule has 11 heavy (non-hydrogen) atoms. The van der Waals surface area contributed by atoms with Gasteiger partial charge in [0, 0.05) is 12.3 Å². The van der Waals surface area contributed by atoms with Crippen LogP contribution in [0.5, 0.6) is 0 Å². The molecule has 0 aliphatic rings. The summed E-state index contributed by atoms with van der Waals surface area (Å²) >= 11 is 0. The van der Waals surface area contributed by atoms with Crippen LogP contribution in [0.25, 0.3) is 0 Å². The van der Waals surface area contributed by atoms with Gasteiger partial charge in [0.25, 0.3) is 0 Å². The molecule has 0 aliphatic carbocycles. The van der Waals surface area contributed by atoms with Gasteiger partial charge in [0.15, 0.2) is 0 Å². The molecule has 0 spiro atoms. The minimum Gasteiger partial charge on any atom is -0.385 e. The standard InChI is InChI=1S/C8H19O2P/c1-4-7-11(10,6-3)8(9)5-2/h8-9H,4-7H2,1-3H3. The summed E-state index contributed by atoms with van der Waals surface area (Å²) < 4.78 is 11.9. The van der Waals surface area contributed by atoms with Crippen molar-refractivity contribution in [2.24, 2.45) is 0 Å². The maximum Gasteiger partial charge on any atom is 0.114 e. The zero-order valence-corrected chi connectivity index (χ0v) is 8.60. The normalized spacial score (nSPS) is 19.3. The van der Waals surface area contributed by atoms with Crippen molar-refractivity contribution in [1.29, 1.82) is 0 Å². The lowest BCUT2D eigenvalue weighted by molar-refractivity contribution is 0.243. The van der Waals surface area contributed by atoms with Gasteiger partial charge in [-0.3, -0.25) is 0 Å². The molecule has 0 radical (unpaired) electrons. The van der Waals surface area contributed by atoms with E-state index in [2.05, 4.69) is 0 Å². The highest BCUT2D eigenvalue weighted by Gasteiger charge is 2.26. The molecule has 0 aliphatic heterocycles. The van der Waals surface area contributed by atoms with Gasteiger partial charge in [-0.25, -0.2) is 0 Å². The molecule has 0 aromatic rings. The van der Waals surface area contributed by atoms with E-state index in [1.165, 1.54) is 0 Å². The van der Waals surface area contributed by atoms with Crippen molar-refractivity contribution >= 4 is 7.14 Å². The molecule has 0 heterocycles. The molecular formula is C8H19O2P. The van der Waals surface area contributed by atoms with Gasteiger partial charge in [-0.15, -0.1) is 0 Å². The van der Waals surface area contributed by atoms with E-state index < -0.39 is 13.0 Å². The van der Waals surface area contributed by atoms with Crippen LogP contribution in [-0.2, 0) is 4.57 Å². The van der Waals surface area contributed by atoms with Crippen LogP contribution < -0.4 is 0 Å². The minimum atomic E-state index is -2.24. The van der Waals surface area contributed by atoms with E-state index in [9.17, 15) is 9.67 Å². The summed E-state index contributed by atoms with van der Waals surface area (Å²) in [6.45, 7) is 5.78. The van der Waals surface area contributed by atoms with Gasteiger partial charge in [-0.2, -0.15) is 0 Å². The second-order valence-corrected chi connectivity index (χ2v) is 6.46. The van der Waals surface area contributed by atoms with Crippen LogP contribution in [0, 0.1) is 0 Å². The molecule has 1 N–H and O–H groups in total. The monoisotopic (exact) mass is 178 g/mol. The van der Waals surface area contributed by atoms with E-state index >= 15 is 0 Å². The quantitative estimate of drug-likeness (QED) is 0.657. The summed E-state index contributed by atoms with van der Waals surface area (Å²) in [7, 11) is -2.24. The van der Waals surface area contributed by atoms with Crippen LogP contribution in [0.15, 0.2) is 0 Å². The Kier molecular flexibility index (Phi) is 5.03. The Labute approximate surface area is 69.4 Å². The SMILES string of the molecule is CCCP(=O)(CC)C(O)CC. The Morgan fingerprint density at radius 2 is 1.91 bits per heavy atom. The predicted molar refractivity (Wildman–Crippen MR) is 49.6 cm³/mol. The van der Waals surface area contributed by atoms with Gasteiger partial charge < -0.3 is 9.67 Å². The molecule has 0 bridgehead atoms. The zero-order chi connectivity index (χ0) is 8.91. The van der Waals surface area contributed by atoms with E-state index in [4.69, 9.17) is 0 Å². The Morgan fingerprint density at radius 3 is 2.18 bits per heavy atom. The fourth-order valence-corrected chi connectivity index (χ4v) is 3.69. The first-order valence-electron chi connectivity index (χ1n) is 4.36. The maximum atomic E-state index is 11.9. The first-order valence-corrected chi connectivity index (χ1v) is 6.51. The summed E-state index contributed by atoms with van der Waals surface area (Å²) in [4.78, 5) is 0. The highest BCUT2D eigenvalue weighted by atomic mass is 31.2. The average molecular weight is 178 g/mol. The lowest BCUT2D eigenvalue weighted by Gasteiger charge is -2.20. The number of rotatable bonds is 5.